The summed E-state index contributed by atoms with van der Waals surface area (Å²) in [4.78, 5) is 20.4. The summed E-state index contributed by atoms with van der Waals surface area (Å²) in [6.45, 7) is 4.46. The first kappa shape index (κ1) is 44.3. The Morgan fingerprint density at radius 2 is 0.683 bits per heavy atom. The molecule has 0 aliphatic rings. The smallest absolute Gasteiger partial charge is 0.550 e. The molecule has 0 fully saturated rings. The summed E-state index contributed by atoms with van der Waals surface area (Å²) >= 11 is 0. The van der Waals surface area contributed by atoms with Crippen LogP contribution in [0.3, 0.4) is 0 Å². The number of carbonyl (C=O) groups is 2. The second-order valence-corrected chi connectivity index (χ2v) is 10.7. The van der Waals surface area contributed by atoms with Gasteiger partial charge in [0.25, 0.3) is 0 Å². The minimum absolute atomic E-state index is 0. The molecule has 0 N–H and O–H groups in total. The maximum absolute atomic E-state index is 10.2. The van der Waals surface area contributed by atoms with E-state index < -0.39 is 11.9 Å². The van der Waals surface area contributed by atoms with Crippen LogP contribution in [-0.4, -0.2) is 11.9 Å². The average molecular weight is 759 g/mol. The van der Waals surface area contributed by atoms with Gasteiger partial charge in [-0.05, 0) is 89.9 Å². The van der Waals surface area contributed by atoms with Gasteiger partial charge >= 0.3 is 27.7 Å². The fraction of sp³-hybridized carbons (Fsp3) is 0.722. The van der Waals surface area contributed by atoms with Gasteiger partial charge in [0.15, 0.2) is 0 Å². The van der Waals surface area contributed by atoms with E-state index in [1.807, 2.05) is 0 Å². The number of aliphatic carboxylic acids is 2. The summed E-state index contributed by atoms with van der Waals surface area (Å²) in [5.74, 6) is -1.84. The molecule has 0 heterocycles. The molecule has 0 saturated carbocycles. The number of hydrogen-bond acceptors (Lipinski definition) is 4. The molecular weight excluding hydrogens is 697 g/mol. The normalized spacial score (nSPS) is 11.4. The molecule has 0 aromatic rings. The molecule has 0 unspecified atom stereocenters. The van der Waals surface area contributed by atoms with Crippen molar-refractivity contribution in [1.29, 1.82) is 0 Å². The van der Waals surface area contributed by atoms with Crippen molar-refractivity contribution in [1.82, 2.24) is 0 Å². The first-order chi connectivity index (χ1) is 19.5. The van der Waals surface area contributed by atoms with Crippen molar-refractivity contribution >= 4 is 11.9 Å². The van der Waals surface area contributed by atoms with Gasteiger partial charge in [0.2, 0.25) is 0 Å². The van der Waals surface area contributed by atoms with Crippen LogP contribution in [0, 0.1) is 0 Å². The predicted octanol–water partition coefficient (Wildman–Crippen LogP) is 9.10. The summed E-state index contributed by atoms with van der Waals surface area (Å²) in [5, 5.41) is 20.4. The van der Waals surface area contributed by atoms with Crippen LogP contribution in [0.1, 0.15) is 168 Å². The summed E-state index contributed by atoms with van der Waals surface area (Å²) in [6, 6.07) is 0. The van der Waals surface area contributed by atoms with E-state index in [-0.39, 0.29) is 40.5 Å². The van der Waals surface area contributed by atoms with Crippen molar-refractivity contribution in [2.24, 2.45) is 0 Å². The Kier molecular flexibility index (Phi) is 44.2. The molecule has 41 heavy (non-hydrogen) atoms. The molecular formula is C36H62HgO4. The average Bonchev–Trinajstić information content (AvgIpc) is 2.93. The van der Waals surface area contributed by atoms with E-state index in [4.69, 9.17) is 0 Å². The number of unbranched alkanes of at least 4 members (excludes halogenated alkanes) is 16. The molecule has 0 aliphatic heterocycles. The minimum Gasteiger partial charge on any atom is -0.550 e. The number of carbonyl (C=O) groups excluding carboxylic acids is 2. The molecule has 0 aromatic heterocycles. The Balaban J connectivity index is -0.000000688. The van der Waals surface area contributed by atoms with Gasteiger partial charge in [0.1, 0.15) is 0 Å². The molecule has 0 rings (SSSR count). The zero-order valence-electron chi connectivity index (χ0n) is 26.9. The second-order valence-electron chi connectivity index (χ2n) is 10.7. The Bertz CT molecular complexity index is 596. The molecule has 0 spiro atoms. The first-order valence-electron chi connectivity index (χ1n) is 16.5. The van der Waals surface area contributed by atoms with Crippen LogP contribution in [0.2, 0.25) is 0 Å². The van der Waals surface area contributed by atoms with Crippen molar-refractivity contribution < 1.29 is 47.5 Å². The molecule has 5 heteroatoms. The van der Waals surface area contributed by atoms with E-state index >= 15 is 0 Å². The van der Waals surface area contributed by atoms with Crippen LogP contribution >= 0.6 is 0 Å². The zero-order chi connectivity index (χ0) is 29.8. The Morgan fingerprint density at radius 3 is 0.976 bits per heavy atom. The zero-order valence-corrected chi connectivity index (χ0v) is 32.4. The third-order valence-electron chi connectivity index (χ3n) is 6.66. The number of allylic oxidation sites excluding steroid dienone is 8. The molecule has 4 nitrogen and oxygen atoms in total. The fourth-order valence-electron chi connectivity index (χ4n) is 4.16. The summed E-state index contributed by atoms with van der Waals surface area (Å²) in [7, 11) is 0. The standard InChI is InChI=1S/2C18H32O2.Hg/c2*1-2-3-4-5-6-7-8-9-10-11-12-13-14-15-16-17-18(19)20;/h2*6-7,9-10H,2-5,8,11-17H2,1H3,(H,19,20);/q;;+2/p-2/b2*7-6-,10-9-;. The van der Waals surface area contributed by atoms with E-state index in [9.17, 15) is 19.8 Å². The number of carboxylic acid groups (broad SMARTS) is 2. The Hall–Kier alpha value is -1.16. The molecule has 0 aromatic carbocycles. The topological polar surface area (TPSA) is 80.3 Å². The number of rotatable bonds is 28. The van der Waals surface area contributed by atoms with Crippen molar-refractivity contribution in [2.45, 2.75) is 168 Å². The van der Waals surface area contributed by atoms with Crippen molar-refractivity contribution in [3.63, 3.8) is 0 Å². The molecule has 0 radical (unpaired) electrons. The van der Waals surface area contributed by atoms with Crippen LogP contribution in [0.25, 0.3) is 0 Å². The van der Waals surface area contributed by atoms with E-state index in [1.165, 1.54) is 77.0 Å². The summed E-state index contributed by atoms with van der Waals surface area (Å²) in [6.07, 6.45) is 43.9. The molecule has 0 atom stereocenters. The Morgan fingerprint density at radius 1 is 0.415 bits per heavy atom. The van der Waals surface area contributed by atoms with Crippen molar-refractivity contribution in [3.8, 4) is 0 Å². The van der Waals surface area contributed by atoms with Gasteiger partial charge in [-0.15, -0.1) is 0 Å². The SMILES string of the molecule is CCCCC/C=C\C/C=C\CCCCCCCC(=O)[O-].CCCCC/C=C\C/C=C\CCCCCCCC(=O)[O-].[Hg+2]. The van der Waals surface area contributed by atoms with Crippen LogP contribution < -0.4 is 10.2 Å². The van der Waals surface area contributed by atoms with Crippen LogP contribution in [0.4, 0.5) is 0 Å². The fourth-order valence-corrected chi connectivity index (χ4v) is 4.16. The van der Waals surface area contributed by atoms with Gasteiger partial charge < -0.3 is 19.8 Å². The maximum Gasteiger partial charge on any atom is 2.00 e. The largest absolute Gasteiger partial charge is 2.00 e. The third-order valence-corrected chi connectivity index (χ3v) is 6.66. The van der Waals surface area contributed by atoms with Gasteiger partial charge in [0.05, 0.1) is 0 Å². The monoisotopic (exact) mass is 760 g/mol. The molecule has 0 bridgehead atoms. The van der Waals surface area contributed by atoms with Gasteiger partial charge in [-0.3, -0.25) is 0 Å². The van der Waals surface area contributed by atoms with Gasteiger partial charge in [0, 0.05) is 11.9 Å². The molecule has 232 valence electrons. The number of carboxylic acids is 2. The van der Waals surface area contributed by atoms with E-state index in [0.29, 0.717) is 0 Å². The minimum atomic E-state index is -0.921. The van der Waals surface area contributed by atoms with Crippen molar-refractivity contribution in [2.75, 3.05) is 0 Å². The van der Waals surface area contributed by atoms with Crippen LogP contribution in [0.15, 0.2) is 48.6 Å². The molecule has 0 saturated heterocycles. The third kappa shape index (κ3) is 48.9. The quantitative estimate of drug-likeness (QED) is 0.0453. The Labute approximate surface area is 274 Å². The van der Waals surface area contributed by atoms with E-state index in [2.05, 4.69) is 62.5 Å². The van der Waals surface area contributed by atoms with E-state index in [1.54, 1.807) is 0 Å². The van der Waals surface area contributed by atoms with Gasteiger partial charge in [-0.2, -0.15) is 0 Å². The molecule has 0 amide bonds. The maximum atomic E-state index is 10.2. The molecule has 0 aliphatic carbocycles. The second kappa shape index (κ2) is 41.0. The summed E-state index contributed by atoms with van der Waals surface area (Å²) < 4.78 is 0. The first-order valence-corrected chi connectivity index (χ1v) is 16.5. The van der Waals surface area contributed by atoms with Crippen molar-refractivity contribution in [3.05, 3.63) is 48.6 Å². The van der Waals surface area contributed by atoms with Gasteiger partial charge in [-0.1, -0.05) is 127 Å². The van der Waals surface area contributed by atoms with E-state index in [0.717, 1.165) is 64.2 Å². The summed E-state index contributed by atoms with van der Waals surface area (Å²) in [5.41, 5.74) is 0. The predicted molar refractivity (Wildman–Crippen MR) is 169 cm³/mol. The number of hydrogen-bond donors (Lipinski definition) is 0. The van der Waals surface area contributed by atoms with Crippen LogP contribution in [-0.2, 0) is 37.3 Å². The van der Waals surface area contributed by atoms with Gasteiger partial charge in [-0.25, -0.2) is 0 Å². The van der Waals surface area contributed by atoms with Crippen LogP contribution in [0.5, 0.6) is 0 Å².